The monoisotopic (exact) mass is 244 g/mol. The van der Waals surface area contributed by atoms with Gasteiger partial charge in [-0.05, 0) is 37.2 Å². The Balaban J connectivity index is 1.94. The van der Waals surface area contributed by atoms with E-state index in [9.17, 15) is 4.79 Å². The summed E-state index contributed by atoms with van der Waals surface area (Å²) >= 11 is 1.99. The van der Waals surface area contributed by atoms with Crippen LogP contribution in [0.2, 0.25) is 0 Å². The van der Waals surface area contributed by atoms with E-state index in [-0.39, 0.29) is 23.9 Å². The normalized spacial score (nSPS) is 29.2. The third-order valence-corrected chi connectivity index (χ3v) is 4.62. The number of ketones is 1. The molecule has 2 rings (SSSR count). The first-order valence-corrected chi connectivity index (χ1v) is 7.15. The number of Topliss-reactive ketones (excluding diaryl/α,β-unsaturated/α-hetero) is 1. The van der Waals surface area contributed by atoms with Crippen LogP contribution < -0.4 is 0 Å². The van der Waals surface area contributed by atoms with Crippen molar-refractivity contribution in [2.75, 3.05) is 31.8 Å². The molecule has 1 spiro atoms. The van der Waals surface area contributed by atoms with Crippen molar-refractivity contribution in [3.05, 3.63) is 0 Å². The van der Waals surface area contributed by atoms with Crippen LogP contribution >= 0.6 is 11.8 Å². The second-order valence-electron chi connectivity index (χ2n) is 4.73. The molecule has 2 saturated heterocycles. The molecule has 0 radical (unpaired) electrons. The minimum atomic E-state index is 0.0115. The number of carbonyl (C=O) groups excluding carboxylic acids is 1. The number of hydrogen-bond acceptors (Lipinski definition) is 4. The molecule has 2 heterocycles. The van der Waals surface area contributed by atoms with Gasteiger partial charge in [0.25, 0.3) is 0 Å². The topological polar surface area (TPSA) is 35.5 Å². The van der Waals surface area contributed by atoms with Gasteiger partial charge in [-0.15, -0.1) is 0 Å². The van der Waals surface area contributed by atoms with Crippen molar-refractivity contribution in [2.24, 2.45) is 5.92 Å². The highest BCUT2D eigenvalue weighted by molar-refractivity contribution is 7.99. The highest BCUT2D eigenvalue weighted by atomic mass is 32.2. The Bertz CT molecular complexity index is 243. The van der Waals surface area contributed by atoms with Crippen molar-refractivity contribution in [3.8, 4) is 0 Å². The molecular weight excluding hydrogens is 224 g/mol. The van der Waals surface area contributed by atoms with E-state index in [1.165, 1.54) is 11.5 Å². The molecule has 0 aromatic carbocycles. The van der Waals surface area contributed by atoms with E-state index >= 15 is 0 Å². The van der Waals surface area contributed by atoms with Crippen LogP contribution in [0.1, 0.15) is 25.7 Å². The fraction of sp³-hybridized carbons (Fsp3) is 0.917. The van der Waals surface area contributed by atoms with Gasteiger partial charge in [0.2, 0.25) is 0 Å². The van der Waals surface area contributed by atoms with Crippen LogP contribution in [0.3, 0.4) is 0 Å². The van der Waals surface area contributed by atoms with E-state index in [1.807, 2.05) is 11.8 Å². The van der Waals surface area contributed by atoms with Gasteiger partial charge < -0.3 is 9.47 Å². The lowest BCUT2D eigenvalue weighted by atomic mass is 9.80. The standard InChI is InChI=1S/C12H20O3S/c1-14-9-11(13)10-2-5-15-12(8-10)3-6-16-7-4-12/h10H,2-9H2,1H3. The van der Waals surface area contributed by atoms with Crippen molar-refractivity contribution < 1.29 is 14.3 Å². The van der Waals surface area contributed by atoms with Crippen molar-refractivity contribution in [2.45, 2.75) is 31.3 Å². The largest absolute Gasteiger partial charge is 0.377 e. The quantitative estimate of drug-likeness (QED) is 0.759. The minimum absolute atomic E-state index is 0.0115. The first-order valence-electron chi connectivity index (χ1n) is 5.99. The molecule has 1 atom stereocenters. The smallest absolute Gasteiger partial charge is 0.161 e. The summed E-state index contributed by atoms with van der Waals surface area (Å²) in [6.07, 6.45) is 4.00. The van der Waals surface area contributed by atoms with Crippen LogP contribution in [0, 0.1) is 5.92 Å². The summed E-state index contributed by atoms with van der Waals surface area (Å²) in [6, 6.07) is 0. The summed E-state index contributed by atoms with van der Waals surface area (Å²) in [5, 5.41) is 0. The molecule has 2 fully saturated rings. The Morgan fingerprint density at radius 2 is 2.25 bits per heavy atom. The van der Waals surface area contributed by atoms with Crippen LogP contribution in [-0.2, 0) is 14.3 Å². The molecule has 0 aliphatic carbocycles. The van der Waals surface area contributed by atoms with Gasteiger partial charge >= 0.3 is 0 Å². The summed E-state index contributed by atoms with van der Waals surface area (Å²) in [5.74, 6) is 2.76. The first-order chi connectivity index (χ1) is 7.76. The first kappa shape index (κ1) is 12.4. The summed E-state index contributed by atoms with van der Waals surface area (Å²) in [5.41, 5.74) is 0.0115. The molecule has 0 aromatic rings. The lowest BCUT2D eigenvalue weighted by molar-refractivity contribution is -0.141. The maximum Gasteiger partial charge on any atom is 0.161 e. The van der Waals surface area contributed by atoms with E-state index in [0.717, 1.165) is 32.3 Å². The molecule has 92 valence electrons. The van der Waals surface area contributed by atoms with Crippen LogP contribution in [0.4, 0.5) is 0 Å². The average molecular weight is 244 g/mol. The molecule has 16 heavy (non-hydrogen) atoms. The van der Waals surface area contributed by atoms with Crippen molar-refractivity contribution in [3.63, 3.8) is 0 Å². The van der Waals surface area contributed by atoms with Crippen molar-refractivity contribution >= 4 is 17.5 Å². The fourth-order valence-electron chi connectivity index (χ4n) is 2.65. The zero-order chi connectivity index (χ0) is 11.4. The summed E-state index contributed by atoms with van der Waals surface area (Å²) in [6.45, 7) is 1.00. The van der Waals surface area contributed by atoms with Crippen LogP contribution in [-0.4, -0.2) is 43.2 Å². The van der Waals surface area contributed by atoms with E-state index in [2.05, 4.69) is 0 Å². The lowest BCUT2D eigenvalue weighted by Crippen LogP contribution is -2.45. The highest BCUT2D eigenvalue weighted by Gasteiger charge is 2.40. The minimum Gasteiger partial charge on any atom is -0.377 e. The van der Waals surface area contributed by atoms with E-state index in [0.29, 0.717) is 0 Å². The average Bonchev–Trinajstić information content (AvgIpc) is 2.30. The van der Waals surface area contributed by atoms with Gasteiger partial charge in [-0.25, -0.2) is 0 Å². The SMILES string of the molecule is COCC(=O)C1CCOC2(CCSCC2)C1. The number of hydrogen-bond donors (Lipinski definition) is 0. The number of methoxy groups -OCH3 is 1. The molecule has 3 nitrogen and oxygen atoms in total. The highest BCUT2D eigenvalue weighted by Crippen LogP contribution is 2.39. The van der Waals surface area contributed by atoms with Crippen LogP contribution in [0.15, 0.2) is 0 Å². The van der Waals surface area contributed by atoms with Crippen molar-refractivity contribution in [1.29, 1.82) is 0 Å². The molecule has 4 heteroatoms. The summed E-state index contributed by atoms with van der Waals surface area (Å²) in [4.78, 5) is 11.8. The van der Waals surface area contributed by atoms with E-state index < -0.39 is 0 Å². The molecule has 1 unspecified atom stereocenters. The predicted octanol–water partition coefficient (Wildman–Crippen LogP) is 1.89. The van der Waals surface area contributed by atoms with E-state index in [1.54, 1.807) is 7.11 Å². The maximum absolute atomic E-state index is 11.8. The van der Waals surface area contributed by atoms with Gasteiger partial charge in [0.15, 0.2) is 5.78 Å². The Morgan fingerprint density at radius 1 is 1.50 bits per heavy atom. The molecule has 0 amide bonds. The Morgan fingerprint density at radius 3 is 2.94 bits per heavy atom. The predicted molar refractivity (Wildman–Crippen MR) is 64.8 cm³/mol. The van der Waals surface area contributed by atoms with Crippen molar-refractivity contribution in [1.82, 2.24) is 0 Å². The Hall–Kier alpha value is -0.0600. The van der Waals surface area contributed by atoms with Gasteiger partial charge in [-0.3, -0.25) is 4.79 Å². The van der Waals surface area contributed by atoms with Crippen LogP contribution in [0.25, 0.3) is 0 Å². The van der Waals surface area contributed by atoms with Gasteiger partial charge in [0, 0.05) is 19.6 Å². The second-order valence-corrected chi connectivity index (χ2v) is 5.96. The molecule has 2 aliphatic rings. The Kier molecular flexibility index (Phi) is 4.27. The van der Waals surface area contributed by atoms with Crippen LogP contribution in [0.5, 0.6) is 0 Å². The fourth-order valence-corrected chi connectivity index (χ4v) is 3.89. The van der Waals surface area contributed by atoms with Gasteiger partial charge in [-0.1, -0.05) is 0 Å². The third kappa shape index (κ3) is 2.79. The number of ether oxygens (including phenoxy) is 2. The number of carbonyl (C=O) groups is 1. The Labute approximate surface area is 101 Å². The third-order valence-electron chi connectivity index (χ3n) is 3.64. The molecule has 0 saturated carbocycles. The molecule has 2 aliphatic heterocycles. The zero-order valence-electron chi connectivity index (χ0n) is 9.87. The lowest BCUT2D eigenvalue weighted by Gasteiger charge is -2.42. The molecule has 0 bridgehead atoms. The van der Waals surface area contributed by atoms with E-state index in [4.69, 9.17) is 9.47 Å². The number of thioether (sulfide) groups is 1. The molecular formula is C12H20O3S. The summed E-state index contributed by atoms with van der Waals surface area (Å²) < 4.78 is 10.9. The van der Waals surface area contributed by atoms with Gasteiger partial charge in [-0.2, -0.15) is 11.8 Å². The second kappa shape index (κ2) is 5.52. The molecule has 0 aromatic heterocycles. The van der Waals surface area contributed by atoms with Gasteiger partial charge in [0.1, 0.15) is 6.61 Å². The molecule has 0 N–H and O–H groups in total. The zero-order valence-corrected chi connectivity index (χ0v) is 10.7. The van der Waals surface area contributed by atoms with Gasteiger partial charge in [0.05, 0.1) is 5.60 Å². The maximum atomic E-state index is 11.8. The summed E-state index contributed by atoms with van der Waals surface area (Å²) in [7, 11) is 1.59. The number of rotatable bonds is 3.